The van der Waals surface area contributed by atoms with E-state index in [1.807, 2.05) is 20.8 Å². The van der Waals surface area contributed by atoms with Crippen molar-refractivity contribution in [3.05, 3.63) is 0 Å². The van der Waals surface area contributed by atoms with Gasteiger partial charge < -0.3 is 25.2 Å². The van der Waals surface area contributed by atoms with Crippen molar-refractivity contribution in [2.24, 2.45) is 0 Å². The smallest absolute Gasteiger partial charge is 0.407 e. The Hall–Kier alpha value is -1.34. The fraction of sp³-hybridized carbons (Fsp3) is 0.939. The number of nitrogens with one attached hydrogen (secondary N) is 2. The standard InChI is InChI=1S/C33H66N2O5/c1-6-8-10-12-15-19-23-30(24-20-16-13-11-9-7-2)39-31(37)25-21-17-14-18-22-26-34-27-29(36)28-35-32(38)40-33(3,4)5/h29-30,34,36H,6-28H2,1-5H3,(H,35,38). The van der Waals surface area contributed by atoms with Gasteiger partial charge in [-0.3, -0.25) is 4.79 Å². The van der Waals surface area contributed by atoms with Crippen LogP contribution in [0.25, 0.3) is 0 Å². The fourth-order valence-electron chi connectivity index (χ4n) is 4.72. The molecule has 0 aliphatic heterocycles. The predicted octanol–water partition coefficient (Wildman–Crippen LogP) is 8.22. The number of aliphatic hydroxyl groups excluding tert-OH is 1. The quantitative estimate of drug-likeness (QED) is 0.0680. The number of ether oxygens (including phenoxy) is 2. The Bertz CT molecular complexity index is 578. The molecule has 1 unspecified atom stereocenters. The molecule has 7 heteroatoms. The molecule has 0 radical (unpaired) electrons. The number of carbonyl (C=O) groups excluding carboxylic acids is 2. The summed E-state index contributed by atoms with van der Waals surface area (Å²) in [5, 5.41) is 15.8. The van der Waals surface area contributed by atoms with E-state index in [9.17, 15) is 14.7 Å². The monoisotopic (exact) mass is 570 g/mol. The summed E-state index contributed by atoms with van der Waals surface area (Å²) < 4.78 is 11.1. The van der Waals surface area contributed by atoms with Crippen LogP contribution in [0, 0.1) is 0 Å². The molecule has 0 bridgehead atoms. The van der Waals surface area contributed by atoms with Gasteiger partial charge in [0.05, 0.1) is 6.10 Å². The maximum absolute atomic E-state index is 12.5. The average Bonchev–Trinajstić information content (AvgIpc) is 2.89. The Morgan fingerprint density at radius 2 is 1.20 bits per heavy atom. The topological polar surface area (TPSA) is 96.9 Å². The summed E-state index contributed by atoms with van der Waals surface area (Å²) in [4.78, 5) is 24.1. The van der Waals surface area contributed by atoms with E-state index in [1.165, 1.54) is 77.0 Å². The van der Waals surface area contributed by atoms with Crippen LogP contribution >= 0.6 is 0 Å². The minimum Gasteiger partial charge on any atom is -0.462 e. The molecule has 0 aliphatic rings. The van der Waals surface area contributed by atoms with Crippen molar-refractivity contribution < 1.29 is 24.2 Å². The van der Waals surface area contributed by atoms with Crippen LogP contribution in [0.1, 0.15) is 163 Å². The highest BCUT2D eigenvalue weighted by atomic mass is 16.6. The number of alkyl carbamates (subject to hydrolysis) is 1. The molecule has 0 saturated heterocycles. The third-order valence-electron chi connectivity index (χ3n) is 7.05. The molecule has 3 N–H and O–H groups in total. The lowest BCUT2D eigenvalue weighted by Gasteiger charge is -2.20. The Morgan fingerprint density at radius 1 is 0.700 bits per heavy atom. The van der Waals surface area contributed by atoms with Gasteiger partial charge in [0, 0.05) is 19.5 Å². The number of unbranched alkanes of at least 4 members (excludes halogenated alkanes) is 14. The van der Waals surface area contributed by atoms with Crippen LogP contribution < -0.4 is 10.6 Å². The van der Waals surface area contributed by atoms with Gasteiger partial charge >= 0.3 is 12.1 Å². The largest absolute Gasteiger partial charge is 0.462 e. The first kappa shape index (κ1) is 38.7. The number of aliphatic hydroxyl groups is 1. The third-order valence-corrected chi connectivity index (χ3v) is 7.05. The van der Waals surface area contributed by atoms with Gasteiger partial charge in [0.2, 0.25) is 0 Å². The Kier molecular flexibility index (Phi) is 25.7. The maximum Gasteiger partial charge on any atom is 0.407 e. The molecule has 0 aromatic rings. The van der Waals surface area contributed by atoms with Crippen LogP contribution in [-0.2, 0) is 14.3 Å². The molecule has 0 saturated carbocycles. The lowest BCUT2D eigenvalue weighted by Crippen LogP contribution is -2.40. The number of hydrogen-bond acceptors (Lipinski definition) is 6. The molecule has 1 amide bonds. The van der Waals surface area contributed by atoms with Crippen molar-refractivity contribution in [2.75, 3.05) is 19.6 Å². The lowest BCUT2D eigenvalue weighted by atomic mass is 10.0. The zero-order valence-corrected chi connectivity index (χ0v) is 27.0. The van der Waals surface area contributed by atoms with Gasteiger partial charge in [0.1, 0.15) is 11.7 Å². The van der Waals surface area contributed by atoms with E-state index in [1.54, 1.807) is 0 Å². The van der Waals surface area contributed by atoms with E-state index in [0.29, 0.717) is 13.0 Å². The van der Waals surface area contributed by atoms with Crippen molar-refractivity contribution in [2.45, 2.75) is 181 Å². The second-order valence-corrected chi connectivity index (χ2v) is 12.5. The lowest BCUT2D eigenvalue weighted by molar-refractivity contribution is -0.150. The van der Waals surface area contributed by atoms with Gasteiger partial charge in [-0.15, -0.1) is 0 Å². The first-order valence-corrected chi connectivity index (χ1v) is 16.7. The molecule has 1 atom stereocenters. The summed E-state index contributed by atoms with van der Waals surface area (Å²) in [5.41, 5.74) is -0.545. The molecule has 0 rings (SSSR count). The highest BCUT2D eigenvalue weighted by Crippen LogP contribution is 2.18. The van der Waals surface area contributed by atoms with E-state index in [-0.39, 0.29) is 18.6 Å². The van der Waals surface area contributed by atoms with Gasteiger partial charge in [-0.05, 0) is 65.8 Å². The minimum absolute atomic E-state index is 0.0161. The van der Waals surface area contributed by atoms with Crippen molar-refractivity contribution in [1.29, 1.82) is 0 Å². The summed E-state index contributed by atoms with van der Waals surface area (Å²) in [6.07, 6.45) is 21.9. The number of hydrogen-bond donors (Lipinski definition) is 3. The molecule has 0 aliphatic carbocycles. The molecule has 238 valence electrons. The minimum atomic E-state index is -0.649. The Balaban J connectivity index is 3.92. The first-order chi connectivity index (χ1) is 19.2. The van der Waals surface area contributed by atoms with Crippen LogP contribution in [0.15, 0.2) is 0 Å². The molecular weight excluding hydrogens is 504 g/mol. The molecule has 40 heavy (non-hydrogen) atoms. The van der Waals surface area contributed by atoms with E-state index in [2.05, 4.69) is 24.5 Å². The molecule has 0 spiro atoms. The maximum atomic E-state index is 12.5. The third kappa shape index (κ3) is 28.2. The van der Waals surface area contributed by atoms with Gasteiger partial charge in [-0.2, -0.15) is 0 Å². The van der Waals surface area contributed by atoms with Crippen LogP contribution in [0.4, 0.5) is 4.79 Å². The average molecular weight is 571 g/mol. The second-order valence-electron chi connectivity index (χ2n) is 12.5. The first-order valence-electron chi connectivity index (χ1n) is 16.7. The second kappa shape index (κ2) is 26.6. The predicted molar refractivity (Wildman–Crippen MR) is 167 cm³/mol. The summed E-state index contributed by atoms with van der Waals surface area (Å²) >= 11 is 0. The summed E-state index contributed by atoms with van der Waals surface area (Å²) in [6.45, 7) is 11.3. The van der Waals surface area contributed by atoms with E-state index >= 15 is 0 Å². The highest BCUT2D eigenvalue weighted by molar-refractivity contribution is 5.69. The van der Waals surface area contributed by atoms with E-state index in [0.717, 1.165) is 51.5 Å². The zero-order valence-electron chi connectivity index (χ0n) is 27.0. The molecule has 7 nitrogen and oxygen atoms in total. The van der Waals surface area contributed by atoms with Crippen molar-refractivity contribution in [3.63, 3.8) is 0 Å². The Labute approximate surface area is 247 Å². The van der Waals surface area contributed by atoms with Gasteiger partial charge in [0.25, 0.3) is 0 Å². The van der Waals surface area contributed by atoms with E-state index in [4.69, 9.17) is 9.47 Å². The number of carbonyl (C=O) groups is 2. The molecule has 0 aromatic carbocycles. The number of esters is 1. The zero-order chi connectivity index (χ0) is 29.9. The van der Waals surface area contributed by atoms with Crippen LogP contribution in [-0.4, -0.2) is 54.6 Å². The van der Waals surface area contributed by atoms with Crippen LogP contribution in [0.2, 0.25) is 0 Å². The highest BCUT2D eigenvalue weighted by Gasteiger charge is 2.17. The van der Waals surface area contributed by atoms with Gasteiger partial charge in [-0.1, -0.05) is 97.3 Å². The summed E-state index contributed by atoms with van der Waals surface area (Å²) in [6, 6.07) is 0. The van der Waals surface area contributed by atoms with Gasteiger partial charge in [0.15, 0.2) is 0 Å². The SMILES string of the molecule is CCCCCCCCC(CCCCCCCC)OC(=O)CCCCCCCNCC(O)CNC(=O)OC(C)(C)C. The van der Waals surface area contributed by atoms with Crippen molar-refractivity contribution in [1.82, 2.24) is 10.6 Å². The molecular formula is C33H66N2O5. The summed E-state index contributed by atoms with van der Waals surface area (Å²) in [5.74, 6) is -0.0161. The fourth-order valence-corrected chi connectivity index (χ4v) is 4.72. The molecule has 0 heterocycles. The van der Waals surface area contributed by atoms with Crippen molar-refractivity contribution in [3.8, 4) is 0 Å². The van der Waals surface area contributed by atoms with E-state index < -0.39 is 17.8 Å². The molecule has 0 aromatic heterocycles. The normalized spacial score (nSPS) is 12.5. The van der Waals surface area contributed by atoms with Crippen molar-refractivity contribution >= 4 is 12.1 Å². The Morgan fingerprint density at radius 3 is 1.75 bits per heavy atom. The van der Waals surface area contributed by atoms with Gasteiger partial charge in [-0.25, -0.2) is 4.79 Å². The number of amides is 1. The number of rotatable bonds is 27. The van der Waals surface area contributed by atoms with Crippen LogP contribution in [0.3, 0.4) is 0 Å². The van der Waals surface area contributed by atoms with Crippen LogP contribution in [0.5, 0.6) is 0 Å². The summed E-state index contributed by atoms with van der Waals surface area (Å²) in [7, 11) is 0. The molecule has 0 fully saturated rings.